The first-order valence-electron chi connectivity index (χ1n) is 10.8. The number of benzene rings is 2. The number of amidine groups is 1. The van der Waals surface area contributed by atoms with Crippen LogP contribution in [-0.4, -0.2) is 46.7 Å². The lowest BCUT2D eigenvalue weighted by molar-refractivity contribution is -0.134. The van der Waals surface area contributed by atoms with Crippen LogP contribution in [0.3, 0.4) is 0 Å². The second kappa shape index (κ2) is 10.0. The Labute approximate surface area is 190 Å². The van der Waals surface area contributed by atoms with Crippen molar-refractivity contribution in [2.45, 2.75) is 38.6 Å². The third-order valence-electron chi connectivity index (χ3n) is 5.63. The molecule has 4 rings (SSSR count). The van der Waals surface area contributed by atoms with Crippen molar-refractivity contribution in [2.75, 3.05) is 24.5 Å². The van der Waals surface area contributed by atoms with Crippen molar-refractivity contribution in [3.8, 4) is 11.5 Å². The van der Waals surface area contributed by atoms with Gasteiger partial charge in [0, 0.05) is 6.54 Å². The van der Waals surface area contributed by atoms with Crippen molar-refractivity contribution in [1.29, 1.82) is 0 Å². The highest BCUT2D eigenvalue weighted by Crippen LogP contribution is 2.30. The minimum Gasteiger partial charge on any atom is -0.494 e. The maximum absolute atomic E-state index is 13.1. The van der Waals surface area contributed by atoms with Crippen LogP contribution >= 0.6 is 0 Å². The van der Waals surface area contributed by atoms with Gasteiger partial charge in [-0.3, -0.25) is 9.52 Å². The number of hydrogen-bond acceptors (Lipinski definition) is 5. The van der Waals surface area contributed by atoms with Gasteiger partial charge in [0.15, 0.2) is 0 Å². The lowest BCUT2D eigenvalue weighted by atomic mass is 10.0. The molecular formula is C23H28N4O4S. The molecule has 3 N–H and O–H groups in total. The number of nitrogens with two attached hydrogens (primary N) is 1. The minimum atomic E-state index is -1.59. The summed E-state index contributed by atoms with van der Waals surface area (Å²) in [6.45, 7) is 3.65. The highest BCUT2D eigenvalue weighted by molar-refractivity contribution is 7.85. The summed E-state index contributed by atoms with van der Waals surface area (Å²) in [6, 6.07) is 13.1. The Balaban J connectivity index is 1.42. The molecule has 0 aliphatic carbocycles. The molecule has 0 aromatic heterocycles. The Morgan fingerprint density at radius 2 is 2.03 bits per heavy atom. The molecule has 8 nitrogen and oxygen atoms in total. The van der Waals surface area contributed by atoms with Crippen molar-refractivity contribution in [3.05, 3.63) is 53.6 Å². The summed E-state index contributed by atoms with van der Waals surface area (Å²) in [5.74, 6) is 1.65. The number of carbonyl (C=O) groups excluding carboxylic acids is 1. The molecule has 2 aliphatic rings. The summed E-state index contributed by atoms with van der Waals surface area (Å²) in [5, 5.41) is 0. The maximum Gasteiger partial charge on any atom is 0.245 e. The zero-order chi connectivity index (χ0) is 22.5. The van der Waals surface area contributed by atoms with Gasteiger partial charge in [0.1, 0.15) is 23.9 Å². The smallest absolute Gasteiger partial charge is 0.245 e. The predicted octanol–water partition coefficient (Wildman–Crippen LogP) is 2.80. The normalized spacial score (nSPS) is 20.0. The Hall–Kier alpha value is -3.07. The third kappa shape index (κ3) is 5.04. The fourth-order valence-electron chi connectivity index (χ4n) is 4.09. The van der Waals surface area contributed by atoms with E-state index < -0.39 is 11.2 Å². The Bertz CT molecular complexity index is 1030. The average Bonchev–Trinajstić information content (AvgIpc) is 2.79. The Morgan fingerprint density at radius 1 is 1.22 bits per heavy atom. The van der Waals surface area contributed by atoms with Gasteiger partial charge >= 0.3 is 0 Å². The van der Waals surface area contributed by atoms with Crippen molar-refractivity contribution < 1.29 is 18.5 Å². The highest BCUT2D eigenvalue weighted by atomic mass is 32.2. The van der Waals surface area contributed by atoms with Gasteiger partial charge in [-0.1, -0.05) is 18.2 Å². The van der Waals surface area contributed by atoms with Crippen LogP contribution in [0.2, 0.25) is 0 Å². The molecular weight excluding hydrogens is 428 g/mol. The molecule has 2 aromatic carbocycles. The van der Waals surface area contributed by atoms with Crippen LogP contribution in [0.15, 0.2) is 46.9 Å². The van der Waals surface area contributed by atoms with Crippen LogP contribution in [0.4, 0.5) is 5.69 Å². The number of nitrogens with zero attached hydrogens (tertiary/aromatic N) is 2. The van der Waals surface area contributed by atoms with E-state index in [9.17, 15) is 9.00 Å². The molecule has 170 valence electrons. The van der Waals surface area contributed by atoms with E-state index in [2.05, 4.69) is 9.12 Å². The lowest BCUT2D eigenvalue weighted by Gasteiger charge is -2.36. The topological polar surface area (TPSA) is 106 Å². The summed E-state index contributed by atoms with van der Waals surface area (Å²) in [7, 11) is 0. The largest absolute Gasteiger partial charge is 0.494 e. The Kier molecular flexibility index (Phi) is 6.94. The molecule has 2 atom stereocenters. The highest BCUT2D eigenvalue weighted by Gasteiger charge is 2.28. The number of nitrogens with one attached hydrogen (secondary N) is 1. The van der Waals surface area contributed by atoms with Gasteiger partial charge in [0.25, 0.3) is 0 Å². The first-order chi connectivity index (χ1) is 15.5. The minimum absolute atomic E-state index is 0.0151. The predicted molar refractivity (Wildman–Crippen MR) is 125 cm³/mol. The molecule has 2 unspecified atom stereocenters. The molecule has 2 aliphatic heterocycles. The standard InChI is InChI=1S/C23H28N4O4S/c1-2-30-18-11-9-16(10-12-18)14-21(28)27-13-4-3-6-17(27)15-31-20-8-5-7-19-22(20)23(24)26-32(29)25-19/h5,7-12,17,25H,2-4,6,13-15H2,1H3,(H2,24,26). The van der Waals surface area contributed by atoms with Gasteiger partial charge in [-0.25, -0.2) is 4.21 Å². The number of likely N-dealkylation sites (tertiary alicyclic amines) is 1. The molecule has 2 heterocycles. The van der Waals surface area contributed by atoms with Gasteiger partial charge in [0.05, 0.1) is 30.3 Å². The Morgan fingerprint density at radius 3 is 2.81 bits per heavy atom. The summed E-state index contributed by atoms with van der Waals surface area (Å²) in [5.41, 5.74) is 8.19. The number of fused-ring (bicyclic) bond motifs is 1. The molecule has 0 radical (unpaired) electrons. The van der Waals surface area contributed by atoms with Crippen LogP contribution in [-0.2, 0) is 22.4 Å². The number of amides is 1. The van der Waals surface area contributed by atoms with E-state index in [4.69, 9.17) is 15.2 Å². The summed E-state index contributed by atoms with van der Waals surface area (Å²) in [6.07, 6.45) is 3.27. The summed E-state index contributed by atoms with van der Waals surface area (Å²) < 4.78 is 30.0. The molecule has 1 amide bonds. The number of piperidine rings is 1. The SMILES string of the molecule is CCOc1ccc(CC(=O)N2CCCCC2COc2cccc3c2C(N)=NS(=O)N3)cc1. The molecule has 0 saturated carbocycles. The van der Waals surface area contributed by atoms with Crippen LogP contribution in [0.25, 0.3) is 0 Å². The number of ether oxygens (including phenoxy) is 2. The monoisotopic (exact) mass is 456 g/mol. The summed E-state index contributed by atoms with van der Waals surface area (Å²) in [4.78, 5) is 15.0. The molecule has 32 heavy (non-hydrogen) atoms. The fourth-order valence-corrected chi connectivity index (χ4v) is 4.76. The molecule has 0 bridgehead atoms. The van der Waals surface area contributed by atoms with Gasteiger partial charge in [-0.15, -0.1) is 0 Å². The van der Waals surface area contributed by atoms with Crippen molar-refractivity contribution in [1.82, 2.24) is 4.90 Å². The molecule has 1 fully saturated rings. The summed E-state index contributed by atoms with van der Waals surface area (Å²) >= 11 is -1.59. The number of hydrogen-bond donors (Lipinski definition) is 2. The molecule has 0 spiro atoms. The van der Waals surface area contributed by atoms with E-state index in [0.29, 0.717) is 36.6 Å². The van der Waals surface area contributed by atoms with Gasteiger partial charge in [-0.05, 0) is 56.0 Å². The second-order valence-corrected chi connectivity index (χ2v) is 8.69. The number of rotatable bonds is 7. The van der Waals surface area contributed by atoms with E-state index >= 15 is 0 Å². The van der Waals surface area contributed by atoms with Crippen LogP contribution in [0.5, 0.6) is 11.5 Å². The van der Waals surface area contributed by atoms with E-state index in [-0.39, 0.29) is 17.8 Å². The van der Waals surface area contributed by atoms with E-state index in [1.54, 1.807) is 6.07 Å². The quantitative estimate of drug-likeness (QED) is 0.666. The van der Waals surface area contributed by atoms with Crippen molar-refractivity contribution in [2.24, 2.45) is 10.1 Å². The van der Waals surface area contributed by atoms with Crippen LogP contribution in [0.1, 0.15) is 37.3 Å². The first kappa shape index (κ1) is 22.1. The van der Waals surface area contributed by atoms with E-state index in [0.717, 1.165) is 37.1 Å². The third-order valence-corrected chi connectivity index (χ3v) is 6.39. The average molecular weight is 457 g/mol. The fraction of sp³-hybridized carbons (Fsp3) is 0.391. The van der Waals surface area contributed by atoms with Crippen molar-refractivity contribution in [3.63, 3.8) is 0 Å². The maximum atomic E-state index is 13.1. The molecule has 9 heteroatoms. The number of anilines is 1. The molecule has 2 aromatic rings. The van der Waals surface area contributed by atoms with Crippen molar-refractivity contribution >= 4 is 28.6 Å². The molecule has 1 saturated heterocycles. The van der Waals surface area contributed by atoms with Crippen LogP contribution in [0, 0.1) is 0 Å². The van der Waals surface area contributed by atoms with E-state index in [1.807, 2.05) is 48.2 Å². The first-order valence-corrected chi connectivity index (χ1v) is 12.0. The number of carbonyl (C=O) groups is 1. The zero-order valence-corrected chi connectivity index (χ0v) is 18.9. The van der Waals surface area contributed by atoms with Crippen LogP contribution < -0.4 is 19.9 Å². The van der Waals surface area contributed by atoms with Gasteiger partial charge in [-0.2, -0.15) is 4.40 Å². The lowest BCUT2D eigenvalue weighted by Crippen LogP contribution is -2.47. The zero-order valence-electron chi connectivity index (χ0n) is 18.1. The van der Waals surface area contributed by atoms with Gasteiger partial charge < -0.3 is 20.1 Å². The second-order valence-electron chi connectivity index (χ2n) is 7.81. The van der Waals surface area contributed by atoms with Gasteiger partial charge in [0.2, 0.25) is 17.1 Å². The van der Waals surface area contributed by atoms with E-state index in [1.165, 1.54) is 0 Å².